The van der Waals surface area contributed by atoms with Crippen LogP contribution < -0.4 is 37.9 Å². The number of methoxy groups -OCH3 is 8. The molecule has 0 spiro atoms. The number of nitrogens with zero attached hydrogens (tertiary/aromatic N) is 4. The van der Waals surface area contributed by atoms with Crippen molar-refractivity contribution >= 4 is 24.8 Å². The van der Waals surface area contributed by atoms with Crippen molar-refractivity contribution in [1.29, 1.82) is 10.5 Å². The van der Waals surface area contributed by atoms with E-state index in [4.69, 9.17) is 37.9 Å². The average Bonchev–Trinajstić information content (AvgIpc) is 3.34. The molecule has 4 rings (SSSR count). The molecular weight excluding hydrogens is 904 g/mol. The standard InChI is InChI=1S/2C27H38N2O4.2ClH/c2*1-20(2)27(19-28,22-10-12-24(31-5)26(18-22)33-7)14-8-15-29(3)16-13-21-9-11-23(30-4)25(17-21)32-6;;/h2*9-12,17-18,20H,8,13-16H2,1-7H3;2*1H. The number of likely N-dealkylation sites (N-methyl/N-ethyl adjacent to an activating group) is 2. The predicted molar refractivity (Wildman–Crippen MR) is 278 cm³/mol. The van der Waals surface area contributed by atoms with Gasteiger partial charge in [-0.2, -0.15) is 10.5 Å². The molecule has 4 aromatic carbocycles. The second-order valence-corrected chi connectivity index (χ2v) is 17.3. The first-order valence-corrected chi connectivity index (χ1v) is 22.8. The van der Waals surface area contributed by atoms with Gasteiger partial charge in [-0.05, 0) is 148 Å². The maximum Gasteiger partial charge on any atom is 0.161 e. The monoisotopic (exact) mass is 981 g/mol. The van der Waals surface area contributed by atoms with E-state index >= 15 is 0 Å². The van der Waals surface area contributed by atoms with Crippen molar-refractivity contribution < 1.29 is 37.9 Å². The van der Waals surface area contributed by atoms with E-state index in [0.29, 0.717) is 23.0 Å². The summed E-state index contributed by atoms with van der Waals surface area (Å²) in [5, 5.41) is 20.5. The molecule has 376 valence electrons. The lowest BCUT2D eigenvalue weighted by Gasteiger charge is -2.32. The van der Waals surface area contributed by atoms with E-state index in [1.807, 2.05) is 60.7 Å². The maximum absolute atomic E-state index is 10.2. The maximum atomic E-state index is 10.2. The van der Waals surface area contributed by atoms with Crippen LogP contribution in [0.3, 0.4) is 0 Å². The molecule has 0 heterocycles. The van der Waals surface area contributed by atoms with E-state index in [2.05, 4.69) is 75.9 Å². The molecule has 0 aromatic heterocycles. The molecule has 68 heavy (non-hydrogen) atoms. The highest BCUT2D eigenvalue weighted by Crippen LogP contribution is 2.42. The average molecular weight is 982 g/mol. The van der Waals surface area contributed by atoms with E-state index in [1.165, 1.54) is 11.1 Å². The van der Waals surface area contributed by atoms with Crippen molar-refractivity contribution in [1.82, 2.24) is 9.80 Å². The molecule has 0 N–H and O–H groups in total. The van der Waals surface area contributed by atoms with Gasteiger partial charge in [0.2, 0.25) is 0 Å². The summed E-state index contributed by atoms with van der Waals surface area (Å²) in [6, 6.07) is 29.0. The van der Waals surface area contributed by atoms with Crippen LogP contribution in [0.2, 0.25) is 0 Å². The fourth-order valence-corrected chi connectivity index (χ4v) is 8.45. The summed E-state index contributed by atoms with van der Waals surface area (Å²) in [6.45, 7) is 12.1. The summed E-state index contributed by atoms with van der Waals surface area (Å²) >= 11 is 0. The lowest BCUT2D eigenvalue weighted by Crippen LogP contribution is -2.32. The molecule has 4 aromatic rings. The van der Waals surface area contributed by atoms with Crippen LogP contribution in [-0.2, 0) is 23.7 Å². The van der Waals surface area contributed by atoms with Gasteiger partial charge in [-0.3, -0.25) is 0 Å². The normalized spacial score (nSPS) is 12.5. The third-order valence-corrected chi connectivity index (χ3v) is 12.8. The number of rotatable bonds is 26. The van der Waals surface area contributed by atoms with Gasteiger partial charge in [0, 0.05) is 13.1 Å². The van der Waals surface area contributed by atoms with Gasteiger partial charge in [-0.25, -0.2) is 0 Å². The minimum absolute atomic E-state index is 0. The highest BCUT2D eigenvalue weighted by atomic mass is 35.5. The smallest absolute Gasteiger partial charge is 0.161 e. The molecule has 2 unspecified atom stereocenters. The molecule has 0 saturated heterocycles. The Morgan fingerprint density at radius 3 is 0.971 bits per heavy atom. The van der Waals surface area contributed by atoms with Gasteiger partial charge >= 0.3 is 0 Å². The Morgan fingerprint density at radius 1 is 0.426 bits per heavy atom. The minimum atomic E-state index is -0.580. The Hall–Kier alpha value is -5.24. The first kappa shape index (κ1) is 60.8. The molecule has 0 amide bonds. The van der Waals surface area contributed by atoms with E-state index in [9.17, 15) is 10.5 Å². The van der Waals surface area contributed by atoms with Crippen LogP contribution in [0.5, 0.6) is 46.0 Å². The van der Waals surface area contributed by atoms with Crippen LogP contribution in [0.4, 0.5) is 0 Å². The van der Waals surface area contributed by atoms with Gasteiger partial charge in [0.1, 0.15) is 0 Å². The number of hydrogen-bond acceptors (Lipinski definition) is 12. The molecule has 0 bridgehead atoms. The van der Waals surface area contributed by atoms with Crippen LogP contribution in [0, 0.1) is 34.5 Å². The Bertz CT molecular complexity index is 2040. The van der Waals surface area contributed by atoms with Gasteiger partial charge in [0.15, 0.2) is 46.0 Å². The zero-order chi connectivity index (χ0) is 48.9. The Morgan fingerprint density at radius 2 is 0.706 bits per heavy atom. The highest BCUT2D eigenvalue weighted by molar-refractivity contribution is 5.85. The van der Waals surface area contributed by atoms with Gasteiger partial charge in [0.25, 0.3) is 0 Å². The van der Waals surface area contributed by atoms with Crippen molar-refractivity contribution in [2.75, 3.05) is 97.2 Å². The Balaban J connectivity index is 0.000000661. The van der Waals surface area contributed by atoms with Gasteiger partial charge in [0.05, 0.1) is 79.8 Å². The van der Waals surface area contributed by atoms with Crippen LogP contribution in [0.1, 0.15) is 75.6 Å². The van der Waals surface area contributed by atoms with E-state index in [1.54, 1.807) is 56.9 Å². The first-order valence-electron chi connectivity index (χ1n) is 22.8. The summed E-state index contributed by atoms with van der Waals surface area (Å²) in [5.41, 5.74) is 3.21. The molecule has 2 atom stereocenters. The van der Waals surface area contributed by atoms with Crippen LogP contribution in [0.15, 0.2) is 72.8 Å². The van der Waals surface area contributed by atoms with Gasteiger partial charge < -0.3 is 47.7 Å². The lowest BCUT2D eigenvalue weighted by atomic mass is 9.69. The quantitative estimate of drug-likeness (QED) is 0.0594. The van der Waals surface area contributed by atoms with Crippen molar-refractivity contribution in [2.45, 2.75) is 77.0 Å². The fourth-order valence-electron chi connectivity index (χ4n) is 8.45. The first-order chi connectivity index (χ1) is 31.7. The Labute approximate surface area is 420 Å². The van der Waals surface area contributed by atoms with Crippen LogP contribution in [-0.4, -0.2) is 107 Å². The molecular formula is C54H78Cl2N4O8. The predicted octanol–water partition coefficient (Wildman–Crippen LogP) is 11.0. The van der Waals surface area contributed by atoms with Crippen molar-refractivity contribution in [3.63, 3.8) is 0 Å². The molecule has 0 aliphatic carbocycles. The Kier molecular flexibility index (Phi) is 27.1. The molecule has 0 aliphatic heterocycles. The number of benzene rings is 4. The van der Waals surface area contributed by atoms with Crippen LogP contribution in [0.25, 0.3) is 0 Å². The van der Waals surface area contributed by atoms with Crippen molar-refractivity contribution in [3.05, 3.63) is 95.1 Å². The summed E-state index contributed by atoms with van der Waals surface area (Å²) in [6.07, 6.45) is 5.22. The largest absolute Gasteiger partial charge is 0.493 e. The summed E-state index contributed by atoms with van der Waals surface area (Å²) in [4.78, 5) is 4.63. The molecule has 0 saturated carbocycles. The number of ether oxygens (including phenoxy) is 8. The SMILES string of the molecule is COc1ccc(CCN(C)CCCC(C#N)(c2ccc(OC)c(OC)c2)C(C)C)cc1OC.COc1ccc(CCN(C)CCCC(C#N)(c2ccc(OC)c(OC)c2)C(C)C)cc1OC.Cl.Cl. The lowest BCUT2D eigenvalue weighted by molar-refractivity contribution is 0.292. The highest BCUT2D eigenvalue weighted by Gasteiger charge is 2.37. The fraction of sp³-hybridized carbons (Fsp3) is 0.519. The second kappa shape index (κ2) is 30.3. The van der Waals surface area contributed by atoms with E-state index < -0.39 is 10.8 Å². The number of halogens is 2. The van der Waals surface area contributed by atoms with Gasteiger partial charge in [-0.1, -0.05) is 52.0 Å². The topological polar surface area (TPSA) is 128 Å². The van der Waals surface area contributed by atoms with E-state index in [-0.39, 0.29) is 36.6 Å². The third-order valence-electron chi connectivity index (χ3n) is 12.8. The number of nitriles is 2. The zero-order valence-corrected chi connectivity index (χ0v) is 44.7. The van der Waals surface area contributed by atoms with Crippen molar-refractivity contribution in [2.24, 2.45) is 11.8 Å². The van der Waals surface area contributed by atoms with Crippen LogP contribution >= 0.6 is 24.8 Å². The summed E-state index contributed by atoms with van der Waals surface area (Å²) in [7, 11) is 17.3. The number of hydrogen-bond donors (Lipinski definition) is 0. The molecule has 0 aliphatic rings. The van der Waals surface area contributed by atoms with Gasteiger partial charge in [-0.15, -0.1) is 24.8 Å². The second-order valence-electron chi connectivity index (χ2n) is 17.3. The van der Waals surface area contributed by atoms with E-state index in [0.717, 1.165) is 98.8 Å². The van der Waals surface area contributed by atoms with Crippen molar-refractivity contribution in [3.8, 4) is 58.1 Å². The minimum Gasteiger partial charge on any atom is -0.493 e. The summed E-state index contributed by atoms with van der Waals surface area (Å²) in [5.74, 6) is 5.97. The zero-order valence-electron chi connectivity index (χ0n) is 43.0. The third kappa shape index (κ3) is 15.9. The molecule has 14 heteroatoms. The molecule has 12 nitrogen and oxygen atoms in total. The summed E-state index contributed by atoms with van der Waals surface area (Å²) < 4.78 is 43.2. The molecule has 0 fully saturated rings. The molecule has 0 radical (unpaired) electrons.